The van der Waals surface area contributed by atoms with Gasteiger partial charge in [-0.3, -0.25) is 4.90 Å². The molecule has 1 aromatic carbocycles. The van der Waals surface area contributed by atoms with Crippen molar-refractivity contribution in [1.82, 2.24) is 29.8 Å². The molecule has 9 heteroatoms. The van der Waals surface area contributed by atoms with Crippen LogP contribution in [0.2, 0.25) is 0 Å². The zero-order valence-corrected chi connectivity index (χ0v) is 20.4. The number of pyridine rings is 1. The SMILES string of the molecule is Cc1cccc(-c2nccc(Nc3ccnc(Cc4ccc(NCCN5CCOCC5)cc4)n3)n2)n1. The van der Waals surface area contributed by atoms with E-state index in [4.69, 9.17) is 4.74 Å². The normalized spacial score (nSPS) is 13.9. The summed E-state index contributed by atoms with van der Waals surface area (Å²) in [5.74, 6) is 2.64. The second-order valence-corrected chi connectivity index (χ2v) is 8.67. The Morgan fingerprint density at radius 3 is 2.44 bits per heavy atom. The quantitative estimate of drug-likeness (QED) is 0.370. The molecule has 3 aromatic heterocycles. The number of anilines is 3. The minimum atomic E-state index is 0.566. The molecule has 0 radical (unpaired) electrons. The van der Waals surface area contributed by atoms with Crippen molar-refractivity contribution in [2.45, 2.75) is 13.3 Å². The number of ether oxygens (including phenoxy) is 1. The van der Waals surface area contributed by atoms with Gasteiger partial charge in [-0.1, -0.05) is 18.2 Å². The van der Waals surface area contributed by atoms with Gasteiger partial charge in [0.05, 0.1) is 13.2 Å². The Balaban J connectivity index is 1.17. The summed E-state index contributed by atoms with van der Waals surface area (Å²) in [6, 6.07) is 17.9. The fourth-order valence-corrected chi connectivity index (χ4v) is 4.01. The van der Waals surface area contributed by atoms with E-state index in [9.17, 15) is 0 Å². The van der Waals surface area contributed by atoms with E-state index in [0.717, 1.165) is 67.9 Å². The van der Waals surface area contributed by atoms with Crippen LogP contribution < -0.4 is 10.6 Å². The predicted molar refractivity (Wildman–Crippen MR) is 140 cm³/mol. The summed E-state index contributed by atoms with van der Waals surface area (Å²) in [6.07, 6.45) is 4.12. The van der Waals surface area contributed by atoms with Crippen molar-refractivity contribution in [1.29, 1.82) is 0 Å². The number of morpholine rings is 1. The van der Waals surface area contributed by atoms with Gasteiger partial charge in [-0.05, 0) is 48.9 Å². The fourth-order valence-electron chi connectivity index (χ4n) is 4.01. The van der Waals surface area contributed by atoms with E-state index in [1.807, 2.05) is 37.3 Å². The summed E-state index contributed by atoms with van der Waals surface area (Å²) in [5, 5.41) is 6.76. The van der Waals surface area contributed by atoms with Crippen molar-refractivity contribution in [3.63, 3.8) is 0 Å². The summed E-state index contributed by atoms with van der Waals surface area (Å²) in [5.41, 5.74) is 3.93. The van der Waals surface area contributed by atoms with E-state index in [0.29, 0.717) is 23.9 Å². The minimum Gasteiger partial charge on any atom is -0.384 e. The highest BCUT2D eigenvalue weighted by Crippen LogP contribution is 2.18. The lowest BCUT2D eigenvalue weighted by Gasteiger charge is -2.26. The monoisotopic (exact) mass is 482 g/mol. The number of rotatable bonds is 9. The van der Waals surface area contributed by atoms with Crippen LogP contribution in [0.1, 0.15) is 17.1 Å². The van der Waals surface area contributed by atoms with Gasteiger partial charge in [0, 0.05) is 56.4 Å². The second kappa shape index (κ2) is 11.7. The maximum atomic E-state index is 5.40. The van der Waals surface area contributed by atoms with Crippen molar-refractivity contribution in [2.24, 2.45) is 0 Å². The summed E-state index contributed by atoms with van der Waals surface area (Å²) < 4.78 is 5.40. The first kappa shape index (κ1) is 23.8. The summed E-state index contributed by atoms with van der Waals surface area (Å²) in [7, 11) is 0. The highest BCUT2D eigenvalue weighted by atomic mass is 16.5. The number of nitrogens with one attached hydrogen (secondary N) is 2. The lowest BCUT2D eigenvalue weighted by molar-refractivity contribution is 0.0398. The summed E-state index contributed by atoms with van der Waals surface area (Å²) >= 11 is 0. The van der Waals surface area contributed by atoms with Gasteiger partial charge in [-0.25, -0.2) is 24.9 Å². The molecule has 4 heterocycles. The van der Waals surface area contributed by atoms with Crippen LogP contribution in [-0.2, 0) is 11.2 Å². The Hall–Kier alpha value is -3.95. The van der Waals surface area contributed by atoms with Gasteiger partial charge >= 0.3 is 0 Å². The van der Waals surface area contributed by atoms with Crippen LogP contribution in [-0.4, -0.2) is 69.2 Å². The molecule has 0 unspecified atom stereocenters. The molecule has 0 saturated carbocycles. The van der Waals surface area contributed by atoms with Gasteiger partial charge in [0.2, 0.25) is 0 Å². The maximum Gasteiger partial charge on any atom is 0.180 e. The molecule has 9 nitrogen and oxygen atoms in total. The van der Waals surface area contributed by atoms with Crippen LogP contribution in [0.5, 0.6) is 0 Å². The van der Waals surface area contributed by atoms with E-state index in [1.54, 1.807) is 12.4 Å². The molecule has 36 heavy (non-hydrogen) atoms. The van der Waals surface area contributed by atoms with Crippen LogP contribution in [0.3, 0.4) is 0 Å². The van der Waals surface area contributed by atoms with Gasteiger partial charge in [0.1, 0.15) is 23.2 Å². The second-order valence-electron chi connectivity index (χ2n) is 8.67. The molecule has 1 fully saturated rings. The Bertz CT molecular complexity index is 1270. The lowest BCUT2D eigenvalue weighted by Crippen LogP contribution is -2.38. The predicted octanol–water partition coefficient (Wildman–Crippen LogP) is 3.72. The zero-order valence-electron chi connectivity index (χ0n) is 20.4. The molecule has 0 atom stereocenters. The number of aryl methyl sites for hydroxylation is 1. The topological polar surface area (TPSA) is 101 Å². The van der Waals surface area contributed by atoms with Crippen LogP contribution >= 0.6 is 0 Å². The Morgan fingerprint density at radius 2 is 1.64 bits per heavy atom. The summed E-state index contributed by atoms with van der Waals surface area (Å²) in [4.78, 5) is 25.0. The van der Waals surface area contributed by atoms with Crippen molar-refractivity contribution in [2.75, 3.05) is 50.0 Å². The van der Waals surface area contributed by atoms with E-state index in [-0.39, 0.29) is 0 Å². The van der Waals surface area contributed by atoms with E-state index < -0.39 is 0 Å². The molecule has 0 spiro atoms. The van der Waals surface area contributed by atoms with Crippen LogP contribution in [0.4, 0.5) is 17.3 Å². The average Bonchev–Trinajstić information content (AvgIpc) is 2.91. The van der Waals surface area contributed by atoms with Gasteiger partial charge in [0.15, 0.2) is 5.82 Å². The molecule has 0 amide bonds. The molecule has 1 saturated heterocycles. The molecule has 2 N–H and O–H groups in total. The van der Waals surface area contributed by atoms with E-state index >= 15 is 0 Å². The molecule has 1 aliphatic rings. The highest BCUT2D eigenvalue weighted by molar-refractivity contribution is 5.56. The van der Waals surface area contributed by atoms with Gasteiger partial charge in [-0.15, -0.1) is 0 Å². The number of nitrogens with zero attached hydrogens (tertiary/aromatic N) is 6. The Morgan fingerprint density at radius 1 is 0.861 bits per heavy atom. The smallest absolute Gasteiger partial charge is 0.180 e. The Kier molecular flexibility index (Phi) is 7.70. The fraction of sp³-hybridized carbons (Fsp3) is 0.296. The number of hydrogen-bond acceptors (Lipinski definition) is 9. The first-order valence-electron chi connectivity index (χ1n) is 12.2. The van der Waals surface area contributed by atoms with Crippen LogP contribution in [0.15, 0.2) is 67.0 Å². The number of hydrogen-bond donors (Lipinski definition) is 2. The van der Waals surface area contributed by atoms with Gasteiger partial charge < -0.3 is 15.4 Å². The van der Waals surface area contributed by atoms with Crippen molar-refractivity contribution < 1.29 is 4.74 Å². The molecule has 4 aromatic rings. The van der Waals surface area contributed by atoms with Gasteiger partial charge in [0.25, 0.3) is 0 Å². The third-order valence-corrected chi connectivity index (χ3v) is 5.91. The van der Waals surface area contributed by atoms with Crippen molar-refractivity contribution >= 4 is 17.3 Å². The van der Waals surface area contributed by atoms with Crippen molar-refractivity contribution in [3.8, 4) is 11.5 Å². The summed E-state index contributed by atoms with van der Waals surface area (Å²) in [6.45, 7) is 7.57. The molecular formula is C27H30N8O. The average molecular weight is 483 g/mol. The third kappa shape index (κ3) is 6.59. The molecule has 184 valence electrons. The number of benzene rings is 1. The van der Waals surface area contributed by atoms with Crippen LogP contribution in [0.25, 0.3) is 11.5 Å². The maximum absolute atomic E-state index is 5.40. The van der Waals surface area contributed by atoms with E-state index in [1.165, 1.54) is 0 Å². The molecule has 0 aliphatic carbocycles. The molecular weight excluding hydrogens is 452 g/mol. The highest BCUT2D eigenvalue weighted by Gasteiger charge is 2.10. The lowest BCUT2D eigenvalue weighted by atomic mass is 10.1. The first-order chi connectivity index (χ1) is 17.7. The standard InChI is InChI=1S/C27H30N8O/c1-20-3-2-4-23(31-20)27-30-12-10-25(34-27)32-24-9-11-29-26(33-24)19-21-5-7-22(8-6-21)28-13-14-35-15-17-36-18-16-35/h2-12,28H,13-19H2,1H3,(H,29,30,32,33,34). The Labute approximate surface area is 211 Å². The van der Waals surface area contributed by atoms with Crippen molar-refractivity contribution in [3.05, 3.63) is 84.1 Å². The third-order valence-electron chi connectivity index (χ3n) is 5.91. The van der Waals surface area contributed by atoms with E-state index in [2.05, 4.69) is 64.7 Å². The van der Waals surface area contributed by atoms with Gasteiger partial charge in [-0.2, -0.15) is 0 Å². The minimum absolute atomic E-state index is 0.566. The number of aromatic nitrogens is 5. The van der Waals surface area contributed by atoms with Crippen LogP contribution in [0, 0.1) is 6.92 Å². The largest absolute Gasteiger partial charge is 0.384 e. The zero-order chi connectivity index (χ0) is 24.6. The molecule has 1 aliphatic heterocycles. The first-order valence-corrected chi connectivity index (χ1v) is 12.2. The molecule has 5 rings (SSSR count). The molecule has 0 bridgehead atoms.